The van der Waals surface area contributed by atoms with Gasteiger partial charge in [-0.05, 0) is 48.6 Å². The monoisotopic (exact) mass is 553 g/mol. The standard InChI is InChI=1S/C29H30F3N5O3/c1-35-25-14-36-8-6-19(25)16-10-21(29(24(34)11-16)40-9-3-7-33)27(32)20-12-18(39-2)13-23(31)26(20)28-22(30)5-4-17(15-38)37-28/h4-6,8,12-16,21,24,27,29,35H,3,9-11,34H2,1-2H3. The molecular weight excluding hydrogens is 523 g/mol. The summed E-state index contributed by atoms with van der Waals surface area (Å²) in [7, 11) is 3.06. The van der Waals surface area contributed by atoms with E-state index in [1.54, 1.807) is 19.4 Å². The molecule has 210 valence electrons. The van der Waals surface area contributed by atoms with Crippen LogP contribution in [-0.2, 0) is 4.74 Å². The molecule has 0 saturated heterocycles. The van der Waals surface area contributed by atoms with Crippen LogP contribution >= 0.6 is 0 Å². The Morgan fingerprint density at radius 1 is 1.25 bits per heavy atom. The maximum absolute atomic E-state index is 16.9. The van der Waals surface area contributed by atoms with Gasteiger partial charge in [0.2, 0.25) is 0 Å². The van der Waals surface area contributed by atoms with Crippen LogP contribution in [0.4, 0.5) is 18.9 Å². The van der Waals surface area contributed by atoms with E-state index in [0.29, 0.717) is 12.7 Å². The number of rotatable bonds is 10. The Hall–Kier alpha value is -4.01. The van der Waals surface area contributed by atoms with Gasteiger partial charge in [0, 0.05) is 42.4 Å². The molecule has 3 N–H and O–H groups in total. The summed E-state index contributed by atoms with van der Waals surface area (Å²) in [6, 6.07) is 7.65. The molecule has 5 unspecified atom stereocenters. The highest BCUT2D eigenvalue weighted by Gasteiger charge is 2.44. The van der Waals surface area contributed by atoms with Gasteiger partial charge in [-0.2, -0.15) is 5.26 Å². The molecule has 1 saturated carbocycles. The molecule has 1 aromatic carbocycles. The molecule has 3 aromatic rings. The molecule has 5 atom stereocenters. The number of nitrogens with two attached hydrogens (primary N) is 1. The van der Waals surface area contributed by atoms with Crippen molar-refractivity contribution in [1.82, 2.24) is 9.97 Å². The molecule has 0 bridgehead atoms. The molecule has 2 heterocycles. The van der Waals surface area contributed by atoms with E-state index in [4.69, 9.17) is 20.5 Å². The number of aldehydes is 1. The predicted octanol–water partition coefficient (Wildman–Crippen LogP) is 5.12. The maximum Gasteiger partial charge on any atom is 0.168 e. The van der Waals surface area contributed by atoms with Crippen LogP contribution in [0.3, 0.4) is 0 Å². The summed E-state index contributed by atoms with van der Waals surface area (Å²) in [5, 5.41) is 12.1. The van der Waals surface area contributed by atoms with Crippen molar-refractivity contribution in [3.8, 4) is 23.1 Å². The second-order valence-electron chi connectivity index (χ2n) is 9.61. The van der Waals surface area contributed by atoms with Crippen molar-refractivity contribution in [1.29, 1.82) is 5.26 Å². The minimum absolute atomic E-state index is 0.0241. The molecule has 0 aliphatic heterocycles. The van der Waals surface area contributed by atoms with Gasteiger partial charge in [0.25, 0.3) is 0 Å². The van der Waals surface area contributed by atoms with Gasteiger partial charge in [-0.1, -0.05) is 0 Å². The molecule has 4 rings (SSSR count). The van der Waals surface area contributed by atoms with Gasteiger partial charge in [0.05, 0.1) is 44.2 Å². The number of nitrogens with zero attached hydrogens (tertiary/aromatic N) is 3. The van der Waals surface area contributed by atoms with E-state index >= 15 is 8.78 Å². The van der Waals surface area contributed by atoms with Crippen molar-refractivity contribution >= 4 is 12.0 Å². The summed E-state index contributed by atoms with van der Waals surface area (Å²) >= 11 is 0. The normalized spacial score (nSPS) is 21.3. The number of benzene rings is 1. The summed E-state index contributed by atoms with van der Waals surface area (Å²) in [4.78, 5) is 19.4. The Labute approximate surface area is 230 Å². The number of methoxy groups -OCH3 is 1. The van der Waals surface area contributed by atoms with Gasteiger partial charge in [-0.3, -0.25) is 9.78 Å². The lowest BCUT2D eigenvalue weighted by Gasteiger charge is -2.42. The molecule has 1 aliphatic rings. The van der Waals surface area contributed by atoms with Crippen molar-refractivity contribution in [2.45, 2.75) is 43.5 Å². The highest BCUT2D eigenvalue weighted by molar-refractivity contribution is 5.75. The fraction of sp³-hybridized carbons (Fsp3) is 0.379. The number of nitriles is 1. The molecule has 0 spiro atoms. The number of pyridine rings is 2. The fourth-order valence-electron chi connectivity index (χ4n) is 5.45. The maximum atomic E-state index is 16.9. The lowest BCUT2D eigenvalue weighted by Crippen LogP contribution is -2.49. The van der Waals surface area contributed by atoms with Gasteiger partial charge >= 0.3 is 0 Å². The molecule has 11 heteroatoms. The average molecular weight is 554 g/mol. The molecule has 0 amide bonds. The van der Waals surface area contributed by atoms with Gasteiger partial charge in [-0.15, -0.1) is 0 Å². The third kappa shape index (κ3) is 5.93. The van der Waals surface area contributed by atoms with Crippen molar-refractivity contribution < 1.29 is 27.4 Å². The Kier molecular flexibility index (Phi) is 9.34. The lowest BCUT2D eigenvalue weighted by atomic mass is 9.70. The summed E-state index contributed by atoms with van der Waals surface area (Å²) in [5.74, 6) is -2.97. The zero-order chi connectivity index (χ0) is 28.8. The quantitative estimate of drug-likeness (QED) is 0.262. The molecule has 1 aliphatic carbocycles. The molecule has 2 aromatic heterocycles. The SMILES string of the molecule is CNc1cnccc1C1CC(N)C(OCCC#N)C(C(F)c2cc(OC)cc(F)c2-c2nc(C=O)ccc2F)C1. The van der Waals surface area contributed by atoms with E-state index in [0.717, 1.165) is 29.4 Å². The number of hydrogen-bond donors (Lipinski definition) is 2. The molecule has 40 heavy (non-hydrogen) atoms. The topological polar surface area (TPSA) is 123 Å². The van der Waals surface area contributed by atoms with Crippen LogP contribution in [0.5, 0.6) is 5.75 Å². The molecule has 8 nitrogen and oxygen atoms in total. The first-order valence-electron chi connectivity index (χ1n) is 12.8. The third-order valence-electron chi connectivity index (χ3n) is 7.27. The number of alkyl halides is 1. The van der Waals surface area contributed by atoms with Crippen LogP contribution in [0.2, 0.25) is 0 Å². The average Bonchev–Trinajstić information content (AvgIpc) is 2.97. The number of ether oxygens (including phenoxy) is 2. The van der Waals surface area contributed by atoms with E-state index in [1.807, 2.05) is 12.1 Å². The molecule has 0 radical (unpaired) electrons. The smallest absolute Gasteiger partial charge is 0.168 e. The van der Waals surface area contributed by atoms with Gasteiger partial charge in [0.1, 0.15) is 34.9 Å². The third-order valence-corrected chi connectivity index (χ3v) is 7.27. The zero-order valence-corrected chi connectivity index (χ0v) is 22.1. The highest BCUT2D eigenvalue weighted by Crippen LogP contribution is 2.48. The molecule has 1 fully saturated rings. The predicted molar refractivity (Wildman–Crippen MR) is 143 cm³/mol. The Morgan fingerprint density at radius 3 is 2.75 bits per heavy atom. The lowest BCUT2D eigenvalue weighted by molar-refractivity contribution is -0.0522. The van der Waals surface area contributed by atoms with E-state index in [9.17, 15) is 9.18 Å². The number of aromatic nitrogens is 2. The largest absolute Gasteiger partial charge is 0.497 e. The Morgan fingerprint density at radius 2 is 2.05 bits per heavy atom. The van der Waals surface area contributed by atoms with Crippen LogP contribution < -0.4 is 15.8 Å². The van der Waals surface area contributed by atoms with Crippen LogP contribution in [0.1, 0.15) is 53.0 Å². The summed E-state index contributed by atoms with van der Waals surface area (Å²) < 4.78 is 58.6. The number of hydrogen-bond acceptors (Lipinski definition) is 8. The highest BCUT2D eigenvalue weighted by atomic mass is 19.1. The summed E-state index contributed by atoms with van der Waals surface area (Å²) in [5.41, 5.74) is 6.97. The Balaban J connectivity index is 1.84. The van der Waals surface area contributed by atoms with Crippen molar-refractivity contribution in [3.05, 3.63) is 71.2 Å². The minimum atomic E-state index is -1.90. The molecular formula is C29H30F3N5O3. The van der Waals surface area contributed by atoms with E-state index in [2.05, 4.69) is 15.3 Å². The minimum Gasteiger partial charge on any atom is -0.497 e. The number of nitrogens with one attached hydrogen (secondary N) is 1. The number of halogens is 3. The van der Waals surface area contributed by atoms with Crippen LogP contribution in [0, 0.1) is 28.9 Å². The first-order chi connectivity index (χ1) is 19.3. The van der Waals surface area contributed by atoms with Crippen molar-refractivity contribution in [2.24, 2.45) is 11.7 Å². The summed E-state index contributed by atoms with van der Waals surface area (Å²) in [6.07, 6.45) is 1.79. The van der Waals surface area contributed by atoms with Gasteiger partial charge < -0.3 is 20.5 Å². The van der Waals surface area contributed by atoms with Crippen LogP contribution in [-0.4, -0.2) is 49.2 Å². The van der Waals surface area contributed by atoms with Gasteiger partial charge in [0.15, 0.2) is 6.29 Å². The second-order valence-corrected chi connectivity index (χ2v) is 9.61. The van der Waals surface area contributed by atoms with E-state index in [-0.39, 0.29) is 42.4 Å². The first-order valence-corrected chi connectivity index (χ1v) is 12.8. The van der Waals surface area contributed by atoms with Crippen molar-refractivity contribution in [3.63, 3.8) is 0 Å². The number of carbonyl (C=O) groups excluding carboxylic acids is 1. The number of anilines is 1. The van der Waals surface area contributed by atoms with E-state index < -0.39 is 47.1 Å². The van der Waals surface area contributed by atoms with E-state index in [1.165, 1.54) is 13.2 Å². The summed E-state index contributed by atoms with van der Waals surface area (Å²) in [6.45, 7) is 0.0384. The van der Waals surface area contributed by atoms with Crippen LogP contribution in [0.15, 0.2) is 42.7 Å². The second kappa shape index (κ2) is 12.9. The van der Waals surface area contributed by atoms with Gasteiger partial charge in [-0.25, -0.2) is 18.2 Å². The Bertz CT molecular complexity index is 1400. The first kappa shape index (κ1) is 29.0. The number of carbonyl (C=O) groups is 1. The van der Waals surface area contributed by atoms with Crippen molar-refractivity contribution in [2.75, 3.05) is 26.1 Å². The fourth-order valence-corrected chi connectivity index (χ4v) is 5.45. The zero-order valence-electron chi connectivity index (χ0n) is 22.1. The van der Waals surface area contributed by atoms with Crippen LogP contribution in [0.25, 0.3) is 11.3 Å².